The van der Waals surface area contributed by atoms with Crippen LogP contribution >= 0.6 is 0 Å². The lowest BCUT2D eigenvalue weighted by atomic mass is 9.93. The van der Waals surface area contributed by atoms with Crippen molar-refractivity contribution in [2.45, 2.75) is 19.3 Å². The summed E-state index contributed by atoms with van der Waals surface area (Å²) < 4.78 is 0. The normalized spacial score (nSPS) is 12.1. The highest BCUT2D eigenvalue weighted by Crippen LogP contribution is 2.25. The van der Waals surface area contributed by atoms with Gasteiger partial charge in [-0.2, -0.15) is 0 Å². The number of nitrogens with zero attached hydrogens (tertiary/aromatic N) is 2. The summed E-state index contributed by atoms with van der Waals surface area (Å²) in [6.45, 7) is 2.11. The van der Waals surface area contributed by atoms with Crippen molar-refractivity contribution in [3.8, 4) is 0 Å². The summed E-state index contributed by atoms with van der Waals surface area (Å²) in [5.74, 6) is 0.467. The van der Waals surface area contributed by atoms with E-state index in [9.17, 15) is 4.79 Å². The molecule has 1 unspecified atom stereocenters. The summed E-state index contributed by atoms with van der Waals surface area (Å²) in [5.41, 5.74) is 2.11. The van der Waals surface area contributed by atoms with Gasteiger partial charge in [0, 0.05) is 12.1 Å². The molecule has 0 aliphatic heterocycles. The molecule has 0 bridgehead atoms. The van der Waals surface area contributed by atoms with Gasteiger partial charge in [0.15, 0.2) is 12.1 Å². The molecule has 0 spiro atoms. The number of hydrogen-bond acceptors (Lipinski definition) is 3. The van der Waals surface area contributed by atoms with E-state index in [1.807, 2.05) is 24.3 Å². The van der Waals surface area contributed by atoms with Gasteiger partial charge in [-0.3, -0.25) is 4.79 Å². The van der Waals surface area contributed by atoms with E-state index >= 15 is 0 Å². The van der Waals surface area contributed by atoms with Gasteiger partial charge in [0.1, 0.15) is 0 Å². The highest BCUT2D eigenvalue weighted by Gasteiger charge is 2.13. The number of carbonyl (C=O) groups is 1. The van der Waals surface area contributed by atoms with Crippen LogP contribution in [0, 0.1) is 0 Å². The molecule has 86 valence electrons. The fourth-order valence-electron chi connectivity index (χ4n) is 1.94. The van der Waals surface area contributed by atoms with Gasteiger partial charge in [-0.1, -0.05) is 37.3 Å². The van der Waals surface area contributed by atoms with Gasteiger partial charge in [0.25, 0.3) is 0 Å². The molecule has 0 aliphatic carbocycles. The Labute approximate surface area is 101 Å². The SMILES string of the molecule is CCC(c1ccccc1)c1ccnc(C=O)n1. The van der Waals surface area contributed by atoms with Crippen molar-refractivity contribution >= 4 is 6.29 Å². The smallest absolute Gasteiger partial charge is 0.192 e. The molecule has 1 aromatic carbocycles. The molecule has 3 heteroatoms. The second-order valence-corrected chi connectivity index (χ2v) is 3.83. The number of aromatic nitrogens is 2. The van der Waals surface area contributed by atoms with Gasteiger partial charge < -0.3 is 0 Å². The van der Waals surface area contributed by atoms with Crippen molar-refractivity contribution in [3.63, 3.8) is 0 Å². The minimum Gasteiger partial charge on any atom is -0.294 e. The average molecular weight is 226 g/mol. The Hall–Kier alpha value is -2.03. The van der Waals surface area contributed by atoms with Crippen LogP contribution in [0.1, 0.15) is 41.1 Å². The second-order valence-electron chi connectivity index (χ2n) is 3.83. The van der Waals surface area contributed by atoms with Crippen LogP contribution in [-0.4, -0.2) is 16.3 Å². The van der Waals surface area contributed by atoms with Gasteiger partial charge >= 0.3 is 0 Å². The first-order chi connectivity index (χ1) is 8.35. The highest BCUT2D eigenvalue weighted by atomic mass is 16.1. The third kappa shape index (κ3) is 2.56. The highest BCUT2D eigenvalue weighted by molar-refractivity contribution is 5.68. The van der Waals surface area contributed by atoms with Gasteiger partial charge in [-0.25, -0.2) is 9.97 Å². The number of hydrogen-bond donors (Lipinski definition) is 0. The van der Waals surface area contributed by atoms with Crippen LogP contribution < -0.4 is 0 Å². The van der Waals surface area contributed by atoms with E-state index < -0.39 is 0 Å². The maximum Gasteiger partial charge on any atom is 0.192 e. The molecule has 0 aliphatic rings. The van der Waals surface area contributed by atoms with E-state index in [1.165, 1.54) is 5.56 Å². The molecule has 2 rings (SSSR count). The van der Waals surface area contributed by atoms with Gasteiger partial charge in [-0.05, 0) is 18.1 Å². The van der Waals surface area contributed by atoms with Crippen molar-refractivity contribution in [2.24, 2.45) is 0 Å². The molecule has 17 heavy (non-hydrogen) atoms. The molecule has 0 saturated heterocycles. The fraction of sp³-hybridized carbons (Fsp3) is 0.214. The second kappa shape index (κ2) is 5.34. The van der Waals surface area contributed by atoms with Crippen LogP contribution in [0.3, 0.4) is 0 Å². The van der Waals surface area contributed by atoms with E-state index in [-0.39, 0.29) is 11.7 Å². The van der Waals surface area contributed by atoms with Crippen LogP contribution in [-0.2, 0) is 0 Å². The maximum atomic E-state index is 10.7. The molecule has 1 atom stereocenters. The summed E-state index contributed by atoms with van der Waals surface area (Å²) >= 11 is 0. The predicted molar refractivity (Wildman–Crippen MR) is 66.0 cm³/mol. The standard InChI is InChI=1S/C14H14N2O/c1-2-12(11-6-4-3-5-7-11)13-8-9-15-14(10-17)16-13/h3-10,12H,2H2,1H3. The average Bonchev–Trinajstić information content (AvgIpc) is 2.41. The summed E-state index contributed by atoms with van der Waals surface area (Å²) in [4.78, 5) is 18.8. The molecule has 0 fully saturated rings. The molecular weight excluding hydrogens is 212 g/mol. The summed E-state index contributed by atoms with van der Waals surface area (Å²) in [6, 6.07) is 12.1. The lowest BCUT2D eigenvalue weighted by molar-refractivity contribution is 0.111. The number of benzene rings is 1. The van der Waals surface area contributed by atoms with E-state index in [0.29, 0.717) is 6.29 Å². The summed E-state index contributed by atoms with van der Waals surface area (Å²) in [7, 11) is 0. The molecular formula is C14H14N2O. The Morgan fingerprint density at radius 2 is 2.00 bits per heavy atom. The van der Waals surface area contributed by atoms with E-state index in [4.69, 9.17) is 0 Å². The molecule has 0 radical (unpaired) electrons. The molecule has 0 N–H and O–H groups in total. The molecule has 0 saturated carbocycles. The number of carbonyl (C=O) groups excluding carboxylic acids is 1. The van der Waals surface area contributed by atoms with Gasteiger partial charge in [0.2, 0.25) is 0 Å². The lowest BCUT2D eigenvalue weighted by Gasteiger charge is -2.14. The fourth-order valence-corrected chi connectivity index (χ4v) is 1.94. The topological polar surface area (TPSA) is 42.9 Å². The van der Waals surface area contributed by atoms with E-state index in [2.05, 4.69) is 29.0 Å². The summed E-state index contributed by atoms with van der Waals surface area (Å²) in [6.07, 6.45) is 3.26. The first-order valence-electron chi connectivity index (χ1n) is 5.68. The zero-order valence-corrected chi connectivity index (χ0v) is 9.71. The van der Waals surface area contributed by atoms with Crippen LogP contribution in [0.15, 0.2) is 42.6 Å². The quantitative estimate of drug-likeness (QED) is 0.753. The Balaban J connectivity index is 2.38. The van der Waals surface area contributed by atoms with Crippen molar-refractivity contribution in [3.05, 3.63) is 59.7 Å². The minimum absolute atomic E-state index is 0.220. The molecule has 1 aromatic heterocycles. The predicted octanol–water partition coefficient (Wildman–Crippen LogP) is 2.83. The largest absolute Gasteiger partial charge is 0.294 e. The van der Waals surface area contributed by atoms with Crippen LogP contribution in [0.5, 0.6) is 0 Å². The van der Waals surface area contributed by atoms with Crippen molar-refractivity contribution in [1.29, 1.82) is 0 Å². The maximum absolute atomic E-state index is 10.7. The third-order valence-electron chi connectivity index (χ3n) is 2.77. The molecule has 3 nitrogen and oxygen atoms in total. The van der Waals surface area contributed by atoms with Crippen LogP contribution in [0.25, 0.3) is 0 Å². The zero-order valence-electron chi connectivity index (χ0n) is 9.71. The number of rotatable bonds is 4. The monoisotopic (exact) mass is 226 g/mol. The lowest BCUT2D eigenvalue weighted by Crippen LogP contribution is -2.05. The minimum atomic E-state index is 0.220. The Morgan fingerprint density at radius 1 is 1.24 bits per heavy atom. The molecule has 1 heterocycles. The van der Waals surface area contributed by atoms with Crippen molar-refractivity contribution in [2.75, 3.05) is 0 Å². The zero-order chi connectivity index (χ0) is 12.1. The molecule has 0 amide bonds. The number of aldehydes is 1. The van der Waals surface area contributed by atoms with E-state index in [0.717, 1.165) is 12.1 Å². The van der Waals surface area contributed by atoms with Gasteiger partial charge in [0.05, 0.1) is 5.69 Å². The first kappa shape index (κ1) is 11.5. The molecule has 2 aromatic rings. The Kier molecular flexibility index (Phi) is 3.60. The summed E-state index contributed by atoms with van der Waals surface area (Å²) in [5, 5.41) is 0. The van der Waals surface area contributed by atoms with E-state index in [1.54, 1.807) is 6.20 Å². The Bertz CT molecular complexity index is 497. The first-order valence-corrected chi connectivity index (χ1v) is 5.68. The van der Waals surface area contributed by atoms with Crippen LogP contribution in [0.2, 0.25) is 0 Å². The third-order valence-corrected chi connectivity index (χ3v) is 2.77. The van der Waals surface area contributed by atoms with Crippen molar-refractivity contribution < 1.29 is 4.79 Å². The van der Waals surface area contributed by atoms with Crippen molar-refractivity contribution in [1.82, 2.24) is 9.97 Å². The van der Waals surface area contributed by atoms with Crippen LogP contribution in [0.4, 0.5) is 0 Å². The van der Waals surface area contributed by atoms with Gasteiger partial charge in [-0.15, -0.1) is 0 Å². The Morgan fingerprint density at radius 3 is 2.65 bits per heavy atom.